The summed E-state index contributed by atoms with van der Waals surface area (Å²) in [4.78, 5) is 11.2. The lowest BCUT2D eigenvalue weighted by Crippen LogP contribution is -2.27. The van der Waals surface area contributed by atoms with Gasteiger partial charge in [-0.05, 0) is 19.4 Å². The Bertz CT molecular complexity index is 407. The van der Waals surface area contributed by atoms with Gasteiger partial charge in [0.25, 0.3) is 5.56 Å². The van der Waals surface area contributed by atoms with E-state index in [1.54, 1.807) is 13.8 Å². The zero-order valence-corrected chi connectivity index (χ0v) is 7.33. The highest BCUT2D eigenvalue weighted by molar-refractivity contribution is 5.98. The molecule has 0 bridgehead atoms. The van der Waals surface area contributed by atoms with Crippen LogP contribution in [0, 0.1) is 13.8 Å². The maximum Gasteiger partial charge on any atom is 0.275 e. The summed E-state index contributed by atoms with van der Waals surface area (Å²) in [5.41, 5.74) is 6.27. The number of aromatic amines is 1. The first-order valence-corrected chi connectivity index (χ1v) is 3.61. The van der Waals surface area contributed by atoms with Crippen molar-refractivity contribution in [3.63, 3.8) is 0 Å². The predicted molar refractivity (Wildman–Crippen MR) is 46.8 cm³/mol. The van der Waals surface area contributed by atoms with Crippen molar-refractivity contribution in [1.82, 2.24) is 10.2 Å². The minimum absolute atomic E-state index is 0.162. The van der Waals surface area contributed by atoms with E-state index >= 15 is 0 Å². The molecule has 0 aliphatic carbocycles. The molecule has 0 amide bonds. The summed E-state index contributed by atoms with van der Waals surface area (Å²) in [5, 5.41) is 17.2. The Morgan fingerprint density at radius 2 is 2.23 bits per heavy atom. The molecule has 0 fully saturated rings. The van der Waals surface area contributed by atoms with Crippen molar-refractivity contribution in [3.05, 3.63) is 27.2 Å². The van der Waals surface area contributed by atoms with Crippen molar-refractivity contribution < 1.29 is 5.21 Å². The van der Waals surface area contributed by atoms with E-state index in [1.807, 2.05) is 0 Å². The largest absolute Gasteiger partial charge is 0.409 e. The second-order valence-corrected chi connectivity index (χ2v) is 2.62. The third-order valence-electron chi connectivity index (χ3n) is 1.83. The third-order valence-corrected chi connectivity index (χ3v) is 1.83. The maximum absolute atomic E-state index is 11.2. The second-order valence-electron chi connectivity index (χ2n) is 2.62. The maximum atomic E-state index is 11.2. The monoisotopic (exact) mass is 182 g/mol. The molecule has 1 heterocycles. The van der Waals surface area contributed by atoms with E-state index in [4.69, 9.17) is 10.9 Å². The van der Waals surface area contributed by atoms with Gasteiger partial charge in [-0.15, -0.1) is 0 Å². The molecule has 0 aliphatic heterocycles. The second kappa shape index (κ2) is 3.26. The first-order valence-electron chi connectivity index (χ1n) is 3.61. The average molecular weight is 182 g/mol. The number of nitrogens with zero attached hydrogens (tertiary/aromatic N) is 2. The van der Waals surface area contributed by atoms with E-state index in [2.05, 4.69) is 15.4 Å². The zero-order chi connectivity index (χ0) is 10.0. The number of nitrogens with two attached hydrogens (primary N) is 1. The van der Waals surface area contributed by atoms with Crippen LogP contribution in [0.15, 0.2) is 9.95 Å². The van der Waals surface area contributed by atoms with Crippen LogP contribution in [0.25, 0.3) is 0 Å². The molecule has 0 radical (unpaired) electrons. The molecule has 6 heteroatoms. The first-order chi connectivity index (χ1) is 6.07. The summed E-state index contributed by atoms with van der Waals surface area (Å²) in [5.74, 6) is -0.204. The lowest BCUT2D eigenvalue weighted by Gasteiger charge is -2.03. The molecule has 4 N–H and O–H groups in total. The minimum Gasteiger partial charge on any atom is -0.409 e. The van der Waals surface area contributed by atoms with Crippen LogP contribution in [-0.2, 0) is 0 Å². The standard InChI is InChI=1S/C7H10N4O2/c1-3-4(2)9-10-7(12)5(3)6(8)11-13/h13H,1-2H3,(H2,8,11)(H,10,12). The number of hydrogen-bond acceptors (Lipinski definition) is 4. The van der Waals surface area contributed by atoms with Gasteiger partial charge < -0.3 is 10.9 Å². The fraction of sp³-hybridized carbons (Fsp3) is 0.286. The molecule has 0 spiro atoms. The quantitative estimate of drug-likeness (QED) is 0.235. The Labute approximate surface area is 74.1 Å². The molecule has 0 atom stereocenters. The zero-order valence-electron chi connectivity index (χ0n) is 7.33. The molecule has 0 aromatic carbocycles. The fourth-order valence-corrected chi connectivity index (χ4v) is 0.984. The molecule has 1 rings (SSSR count). The Morgan fingerprint density at radius 1 is 1.62 bits per heavy atom. The van der Waals surface area contributed by atoms with Crippen LogP contribution >= 0.6 is 0 Å². The fourth-order valence-electron chi connectivity index (χ4n) is 0.984. The van der Waals surface area contributed by atoms with Crippen LogP contribution in [0.3, 0.4) is 0 Å². The minimum atomic E-state index is -0.460. The van der Waals surface area contributed by atoms with Crippen LogP contribution in [0.5, 0.6) is 0 Å². The van der Waals surface area contributed by atoms with Crippen molar-refractivity contribution >= 4 is 5.84 Å². The molecule has 1 aromatic heterocycles. The normalized spacial score (nSPS) is 11.7. The van der Waals surface area contributed by atoms with Crippen LogP contribution in [-0.4, -0.2) is 21.2 Å². The van der Waals surface area contributed by atoms with Crippen molar-refractivity contribution in [1.29, 1.82) is 0 Å². The van der Waals surface area contributed by atoms with E-state index in [0.717, 1.165) is 0 Å². The Kier molecular flexibility index (Phi) is 2.32. The van der Waals surface area contributed by atoms with Gasteiger partial charge in [-0.2, -0.15) is 5.10 Å². The summed E-state index contributed by atoms with van der Waals surface area (Å²) in [6.07, 6.45) is 0. The highest BCUT2D eigenvalue weighted by Gasteiger charge is 2.11. The van der Waals surface area contributed by atoms with E-state index in [-0.39, 0.29) is 11.4 Å². The lowest BCUT2D eigenvalue weighted by atomic mass is 10.1. The van der Waals surface area contributed by atoms with Gasteiger partial charge in [0.2, 0.25) is 0 Å². The van der Waals surface area contributed by atoms with Gasteiger partial charge in [-0.3, -0.25) is 4.79 Å². The summed E-state index contributed by atoms with van der Waals surface area (Å²) < 4.78 is 0. The number of aromatic nitrogens is 2. The molecule has 1 aromatic rings. The van der Waals surface area contributed by atoms with Crippen LogP contribution in [0.4, 0.5) is 0 Å². The summed E-state index contributed by atoms with van der Waals surface area (Å²) in [7, 11) is 0. The number of nitrogens with one attached hydrogen (secondary N) is 1. The van der Waals surface area contributed by atoms with Gasteiger partial charge in [-0.25, -0.2) is 5.10 Å². The number of hydrogen-bond donors (Lipinski definition) is 3. The molecule has 0 saturated heterocycles. The SMILES string of the molecule is Cc1n[nH]c(=O)c(/C(N)=N/O)c1C. The van der Waals surface area contributed by atoms with Crippen molar-refractivity contribution in [2.75, 3.05) is 0 Å². The third kappa shape index (κ3) is 1.51. The van der Waals surface area contributed by atoms with Gasteiger partial charge in [0.1, 0.15) is 0 Å². The van der Waals surface area contributed by atoms with Crippen molar-refractivity contribution in [2.45, 2.75) is 13.8 Å². The average Bonchev–Trinajstić information content (AvgIpc) is 2.12. The van der Waals surface area contributed by atoms with Gasteiger partial charge in [0.15, 0.2) is 5.84 Å². The highest BCUT2D eigenvalue weighted by atomic mass is 16.4. The number of H-pyrrole nitrogens is 1. The van der Waals surface area contributed by atoms with Crippen LogP contribution < -0.4 is 11.3 Å². The predicted octanol–water partition coefficient (Wildman–Crippen LogP) is -0.519. The van der Waals surface area contributed by atoms with E-state index in [9.17, 15) is 4.79 Å². The number of rotatable bonds is 1. The topological polar surface area (TPSA) is 104 Å². The van der Waals surface area contributed by atoms with Crippen LogP contribution in [0.2, 0.25) is 0 Å². The summed E-state index contributed by atoms with van der Waals surface area (Å²) in [6, 6.07) is 0. The summed E-state index contributed by atoms with van der Waals surface area (Å²) >= 11 is 0. The highest BCUT2D eigenvalue weighted by Crippen LogP contribution is 2.03. The lowest BCUT2D eigenvalue weighted by molar-refractivity contribution is 0.318. The molecule has 0 unspecified atom stereocenters. The van der Waals surface area contributed by atoms with Gasteiger partial charge in [0.05, 0.1) is 11.3 Å². The van der Waals surface area contributed by atoms with Crippen molar-refractivity contribution in [2.24, 2.45) is 10.9 Å². The summed E-state index contributed by atoms with van der Waals surface area (Å²) in [6.45, 7) is 3.41. The van der Waals surface area contributed by atoms with Crippen molar-refractivity contribution in [3.8, 4) is 0 Å². The van der Waals surface area contributed by atoms with Crippen LogP contribution in [0.1, 0.15) is 16.8 Å². The smallest absolute Gasteiger partial charge is 0.275 e. The molecular weight excluding hydrogens is 172 g/mol. The molecule has 0 aliphatic rings. The Hall–Kier alpha value is -1.85. The first kappa shape index (κ1) is 9.24. The van der Waals surface area contributed by atoms with Gasteiger partial charge in [-0.1, -0.05) is 5.16 Å². The molecule has 6 nitrogen and oxygen atoms in total. The van der Waals surface area contributed by atoms with E-state index in [1.165, 1.54) is 0 Å². The molecule has 0 saturated carbocycles. The number of aryl methyl sites for hydroxylation is 1. The molecule has 13 heavy (non-hydrogen) atoms. The van der Waals surface area contributed by atoms with Gasteiger partial charge >= 0.3 is 0 Å². The van der Waals surface area contributed by atoms with E-state index in [0.29, 0.717) is 11.3 Å². The van der Waals surface area contributed by atoms with E-state index < -0.39 is 5.56 Å². The Balaban J connectivity index is 3.52. The molecular formula is C7H10N4O2. The molecule has 70 valence electrons. The Morgan fingerprint density at radius 3 is 2.77 bits per heavy atom. The number of amidine groups is 1. The van der Waals surface area contributed by atoms with Gasteiger partial charge in [0, 0.05) is 0 Å². The number of oxime groups is 1.